The van der Waals surface area contributed by atoms with Gasteiger partial charge in [-0.2, -0.15) is 0 Å². The summed E-state index contributed by atoms with van der Waals surface area (Å²) in [7, 11) is 0. The van der Waals surface area contributed by atoms with Gasteiger partial charge in [0.25, 0.3) is 5.91 Å². The molecule has 2 aromatic carbocycles. The lowest BCUT2D eigenvalue weighted by atomic mass is 10.1. The molecule has 0 saturated carbocycles. The lowest BCUT2D eigenvalue weighted by molar-refractivity contribution is -0.113. The molecule has 0 radical (unpaired) electrons. The Morgan fingerprint density at radius 2 is 1.96 bits per heavy atom. The zero-order valence-corrected chi connectivity index (χ0v) is 15.4. The summed E-state index contributed by atoms with van der Waals surface area (Å²) in [5, 5.41) is 9.73. The first-order valence-electron chi connectivity index (χ1n) is 7.20. The Morgan fingerprint density at radius 1 is 1.21 bits per heavy atom. The van der Waals surface area contributed by atoms with E-state index in [0.29, 0.717) is 9.23 Å². The molecule has 0 spiro atoms. The molecule has 1 saturated heterocycles. The van der Waals surface area contributed by atoms with Crippen LogP contribution < -0.4 is 4.90 Å². The van der Waals surface area contributed by atoms with Crippen molar-refractivity contribution in [3.8, 4) is 5.75 Å². The highest BCUT2D eigenvalue weighted by molar-refractivity contribution is 8.27. The van der Waals surface area contributed by atoms with Crippen LogP contribution in [0.1, 0.15) is 16.7 Å². The van der Waals surface area contributed by atoms with E-state index in [2.05, 4.69) is 0 Å². The third-order valence-corrected chi connectivity index (χ3v) is 5.26. The Bertz CT molecular complexity index is 893. The molecular weight excluding hydrogens is 362 g/mol. The molecule has 3 nitrogen and oxygen atoms in total. The molecule has 1 fully saturated rings. The second-order valence-corrected chi connectivity index (χ2v) is 7.60. The van der Waals surface area contributed by atoms with E-state index in [9.17, 15) is 9.90 Å². The van der Waals surface area contributed by atoms with Gasteiger partial charge in [-0.25, -0.2) is 0 Å². The molecule has 1 N–H and O–H groups in total. The van der Waals surface area contributed by atoms with Crippen molar-refractivity contribution in [1.29, 1.82) is 0 Å². The number of phenolic OH excluding ortho intramolecular Hbond substituents is 1. The number of phenols is 1. The number of amides is 1. The van der Waals surface area contributed by atoms with Gasteiger partial charge >= 0.3 is 0 Å². The number of rotatable bonds is 2. The quantitative estimate of drug-likeness (QED) is 0.587. The van der Waals surface area contributed by atoms with Crippen LogP contribution in [0.5, 0.6) is 5.75 Å². The van der Waals surface area contributed by atoms with Gasteiger partial charge in [0, 0.05) is 0 Å². The van der Waals surface area contributed by atoms with Crippen molar-refractivity contribution in [3.05, 3.63) is 63.0 Å². The van der Waals surface area contributed by atoms with Crippen LogP contribution in [0.25, 0.3) is 6.08 Å². The molecule has 122 valence electrons. The van der Waals surface area contributed by atoms with E-state index in [1.54, 1.807) is 23.1 Å². The van der Waals surface area contributed by atoms with Gasteiger partial charge in [0.05, 0.1) is 15.6 Å². The minimum Gasteiger partial charge on any atom is -0.506 e. The van der Waals surface area contributed by atoms with Gasteiger partial charge in [0.15, 0.2) is 4.32 Å². The number of anilines is 1. The molecule has 3 rings (SSSR count). The molecule has 2 aromatic rings. The highest BCUT2D eigenvalue weighted by atomic mass is 35.5. The summed E-state index contributed by atoms with van der Waals surface area (Å²) in [5.41, 5.74) is 3.67. The minimum absolute atomic E-state index is 0.0108. The summed E-state index contributed by atoms with van der Waals surface area (Å²) in [5.74, 6) is -0.141. The van der Waals surface area contributed by atoms with Crippen molar-refractivity contribution in [1.82, 2.24) is 0 Å². The van der Waals surface area contributed by atoms with Gasteiger partial charge in [0.1, 0.15) is 5.75 Å². The van der Waals surface area contributed by atoms with Crippen molar-refractivity contribution in [2.75, 3.05) is 4.90 Å². The topological polar surface area (TPSA) is 40.5 Å². The third-order valence-electron chi connectivity index (χ3n) is 3.66. The van der Waals surface area contributed by atoms with E-state index in [-0.39, 0.29) is 16.7 Å². The molecule has 0 aliphatic carbocycles. The fraction of sp³-hybridized carbons (Fsp3) is 0.111. The van der Waals surface area contributed by atoms with Crippen LogP contribution in [-0.2, 0) is 4.79 Å². The highest BCUT2D eigenvalue weighted by Crippen LogP contribution is 2.38. The van der Waals surface area contributed by atoms with Gasteiger partial charge in [-0.1, -0.05) is 59.3 Å². The van der Waals surface area contributed by atoms with Crippen LogP contribution in [0.4, 0.5) is 5.69 Å². The van der Waals surface area contributed by atoms with Crippen LogP contribution >= 0.6 is 35.6 Å². The van der Waals surface area contributed by atoms with Crippen molar-refractivity contribution in [2.45, 2.75) is 13.8 Å². The normalized spacial score (nSPS) is 16.3. The van der Waals surface area contributed by atoms with Crippen LogP contribution in [0, 0.1) is 13.8 Å². The Morgan fingerprint density at radius 3 is 2.62 bits per heavy atom. The predicted octanol–water partition coefficient (Wildman–Crippen LogP) is 5.07. The van der Waals surface area contributed by atoms with Crippen LogP contribution in [-0.4, -0.2) is 15.3 Å². The van der Waals surface area contributed by atoms with E-state index in [1.165, 1.54) is 17.8 Å². The summed E-state index contributed by atoms with van der Waals surface area (Å²) >= 11 is 12.6. The Hall–Kier alpha value is -1.82. The first-order chi connectivity index (χ1) is 11.4. The lowest BCUT2D eigenvalue weighted by Gasteiger charge is -2.17. The minimum atomic E-state index is -0.152. The molecule has 24 heavy (non-hydrogen) atoms. The number of aryl methyl sites for hydroxylation is 2. The van der Waals surface area contributed by atoms with Gasteiger partial charge in [-0.05, 0) is 49.2 Å². The maximum atomic E-state index is 12.8. The number of carbonyl (C=O) groups excluding carboxylic acids is 1. The van der Waals surface area contributed by atoms with Gasteiger partial charge in [0.2, 0.25) is 0 Å². The molecule has 6 heteroatoms. The smallest absolute Gasteiger partial charge is 0.270 e. The fourth-order valence-corrected chi connectivity index (χ4v) is 3.97. The molecule has 0 atom stereocenters. The number of benzene rings is 2. The fourth-order valence-electron chi connectivity index (χ4n) is 2.50. The third kappa shape index (κ3) is 3.20. The van der Waals surface area contributed by atoms with Crippen molar-refractivity contribution >= 4 is 57.6 Å². The standard InChI is InChI=1S/C18H14ClNO2S2/c1-10-3-5-14(11(2)7-10)20-17(22)16(24-18(20)23)9-12-4-6-15(21)13(19)8-12/h3-9,21H,1-2H3/b16-9-. The maximum Gasteiger partial charge on any atom is 0.270 e. The largest absolute Gasteiger partial charge is 0.506 e. The van der Waals surface area contributed by atoms with Gasteiger partial charge in [-0.3, -0.25) is 9.69 Å². The first-order valence-corrected chi connectivity index (χ1v) is 8.81. The Labute approximate surface area is 154 Å². The molecule has 1 aliphatic heterocycles. The van der Waals surface area contributed by atoms with E-state index in [0.717, 1.165) is 22.4 Å². The number of hydrogen-bond donors (Lipinski definition) is 1. The average molecular weight is 376 g/mol. The molecular formula is C18H14ClNO2S2. The van der Waals surface area contributed by atoms with Crippen LogP contribution in [0.15, 0.2) is 41.3 Å². The van der Waals surface area contributed by atoms with Crippen LogP contribution in [0.2, 0.25) is 5.02 Å². The zero-order valence-electron chi connectivity index (χ0n) is 13.0. The number of thioether (sulfide) groups is 1. The second kappa shape index (κ2) is 6.59. The van der Waals surface area contributed by atoms with E-state index >= 15 is 0 Å². The number of halogens is 1. The second-order valence-electron chi connectivity index (χ2n) is 5.52. The van der Waals surface area contributed by atoms with E-state index in [1.807, 2.05) is 32.0 Å². The van der Waals surface area contributed by atoms with Crippen molar-refractivity contribution in [2.24, 2.45) is 0 Å². The summed E-state index contributed by atoms with van der Waals surface area (Å²) in [6, 6.07) is 10.7. The average Bonchev–Trinajstić information content (AvgIpc) is 2.78. The monoisotopic (exact) mass is 375 g/mol. The van der Waals surface area contributed by atoms with Crippen molar-refractivity contribution < 1.29 is 9.90 Å². The van der Waals surface area contributed by atoms with E-state index in [4.69, 9.17) is 23.8 Å². The van der Waals surface area contributed by atoms with Gasteiger partial charge in [-0.15, -0.1) is 0 Å². The Kier molecular flexibility index (Phi) is 4.67. The molecule has 1 amide bonds. The molecule has 0 aromatic heterocycles. The summed E-state index contributed by atoms with van der Waals surface area (Å²) in [6.07, 6.45) is 1.73. The Balaban J connectivity index is 1.96. The number of thiocarbonyl (C=S) groups is 1. The molecule has 1 aliphatic rings. The predicted molar refractivity (Wildman–Crippen MR) is 105 cm³/mol. The zero-order chi connectivity index (χ0) is 17.4. The number of carbonyl (C=O) groups is 1. The summed E-state index contributed by atoms with van der Waals surface area (Å²) < 4.78 is 0.503. The first kappa shape index (κ1) is 17.0. The van der Waals surface area contributed by atoms with E-state index < -0.39 is 0 Å². The molecule has 0 bridgehead atoms. The van der Waals surface area contributed by atoms with Crippen molar-refractivity contribution in [3.63, 3.8) is 0 Å². The number of nitrogens with zero attached hydrogens (tertiary/aromatic N) is 1. The van der Waals surface area contributed by atoms with Gasteiger partial charge < -0.3 is 5.11 Å². The number of aromatic hydroxyl groups is 1. The maximum absolute atomic E-state index is 12.8. The lowest BCUT2D eigenvalue weighted by Crippen LogP contribution is -2.28. The molecule has 1 heterocycles. The SMILES string of the molecule is Cc1ccc(N2C(=O)/C(=C/c3ccc(O)c(Cl)c3)SC2=S)c(C)c1. The number of hydrogen-bond acceptors (Lipinski definition) is 4. The highest BCUT2D eigenvalue weighted by Gasteiger charge is 2.34. The van der Waals surface area contributed by atoms with Crippen LogP contribution in [0.3, 0.4) is 0 Å². The summed E-state index contributed by atoms with van der Waals surface area (Å²) in [4.78, 5) is 14.9. The summed E-state index contributed by atoms with van der Waals surface area (Å²) in [6.45, 7) is 3.97. The molecule has 0 unspecified atom stereocenters.